The van der Waals surface area contributed by atoms with Gasteiger partial charge in [-0.05, 0) is 25.3 Å². The molecule has 10 heteroatoms. The third-order valence-corrected chi connectivity index (χ3v) is 4.33. The minimum absolute atomic E-state index is 0.0613. The normalized spacial score (nSPS) is 11.6. The predicted octanol–water partition coefficient (Wildman–Crippen LogP) is 5.10. The number of esters is 1. The summed E-state index contributed by atoms with van der Waals surface area (Å²) in [5, 5.41) is 3.91. The van der Waals surface area contributed by atoms with Crippen molar-refractivity contribution in [2.24, 2.45) is 0 Å². The van der Waals surface area contributed by atoms with Crippen LogP contribution in [-0.2, 0) is 10.9 Å². The van der Waals surface area contributed by atoms with Gasteiger partial charge in [-0.2, -0.15) is 18.3 Å². The van der Waals surface area contributed by atoms with Gasteiger partial charge in [0.2, 0.25) is 0 Å². The van der Waals surface area contributed by atoms with Crippen LogP contribution in [0.1, 0.15) is 22.8 Å². The lowest BCUT2D eigenvalue weighted by Crippen LogP contribution is -2.09. The van der Waals surface area contributed by atoms with Gasteiger partial charge in [-0.3, -0.25) is 0 Å². The zero-order chi connectivity index (χ0) is 18.1. The Morgan fingerprint density at radius 2 is 1.92 bits per heavy atom. The number of thioether (sulfide) groups is 1. The van der Waals surface area contributed by atoms with E-state index in [0.717, 1.165) is 12.1 Å². The number of halogens is 5. The van der Waals surface area contributed by atoms with E-state index >= 15 is 0 Å². The molecule has 0 amide bonds. The van der Waals surface area contributed by atoms with Gasteiger partial charge in [-0.25, -0.2) is 9.48 Å². The van der Waals surface area contributed by atoms with Crippen molar-refractivity contribution in [1.29, 1.82) is 0 Å². The Bertz CT molecular complexity index is 755. The summed E-state index contributed by atoms with van der Waals surface area (Å²) < 4.78 is 44.6. The molecule has 0 saturated heterocycles. The monoisotopic (exact) mass is 398 g/mol. The average molecular weight is 399 g/mol. The molecular formula is C14H11Cl2F3N2O2S. The maximum absolute atomic E-state index is 12.8. The number of alkyl halides is 3. The van der Waals surface area contributed by atoms with Crippen molar-refractivity contribution in [3.63, 3.8) is 0 Å². The van der Waals surface area contributed by atoms with Gasteiger partial charge < -0.3 is 4.74 Å². The molecule has 0 N–H and O–H groups in total. The molecule has 1 aromatic heterocycles. The summed E-state index contributed by atoms with van der Waals surface area (Å²) in [4.78, 5) is 11.9. The highest BCUT2D eigenvalue weighted by Gasteiger charge is 2.32. The second kappa shape index (κ2) is 7.25. The van der Waals surface area contributed by atoms with Crippen LogP contribution in [0.25, 0.3) is 5.69 Å². The number of benzene rings is 1. The molecule has 0 unspecified atom stereocenters. The number of hydrogen-bond donors (Lipinski definition) is 0. The molecule has 4 nitrogen and oxygen atoms in total. The molecule has 0 fully saturated rings. The first-order valence-electron chi connectivity index (χ1n) is 6.56. The Morgan fingerprint density at radius 3 is 2.38 bits per heavy atom. The molecule has 0 atom stereocenters. The van der Waals surface area contributed by atoms with Crippen LogP contribution in [0, 0.1) is 0 Å². The van der Waals surface area contributed by atoms with Gasteiger partial charge in [0.25, 0.3) is 0 Å². The minimum Gasteiger partial charge on any atom is -0.462 e. The fourth-order valence-corrected chi connectivity index (χ4v) is 3.29. The van der Waals surface area contributed by atoms with Gasteiger partial charge >= 0.3 is 12.1 Å². The van der Waals surface area contributed by atoms with Crippen molar-refractivity contribution < 1.29 is 22.7 Å². The van der Waals surface area contributed by atoms with Gasteiger partial charge in [-0.15, -0.1) is 11.8 Å². The highest BCUT2D eigenvalue weighted by molar-refractivity contribution is 7.98. The van der Waals surface area contributed by atoms with E-state index in [1.54, 1.807) is 13.2 Å². The Kier molecular flexibility index (Phi) is 5.72. The molecule has 0 saturated carbocycles. The number of nitrogens with zero attached hydrogens (tertiary/aromatic N) is 2. The lowest BCUT2D eigenvalue weighted by molar-refractivity contribution is -0.137. The highest BCUT2D eigenvalue weighted by atomic mass is 35.5. The first kappa shape index (κ1) is 19.0. The van der Waals surface area contributed by atoms with Crippen LogP contribution in [0.2, 0.25) is 10.0 Å². The van der Waals surface area contributed by atoms with E-state index < -0.39 is 17.7 Å². The molecular weight excluding hydrogens is 388 g/mol. The molecule has 130 valence electrons. The molecule has 0 aliphatic heterocycles. The van der Waals surface area contributed by atoms with Crippen molar-refractivity contribution in [1.82, 2.24) is 9.78 Å². The second-order valence-electron chi connectivity index (χ2n) is 4.49. The number of carbonyl (C=O) groups excluding carboxylic acids is 1. The Hall–Kier alpha value is -1.38. The average Bonchev–Trinajstić information content (AvgIpc) is 2.89. The topological polar surface area (TPSA) is 44.1 Å². The van der Waals surface area contributed by atoms with Gasteiger partial charge in [0.05, 0.1) is 28.4 Å². The summed E-state index contributed by atoms with van der Waals surface area (Å²) in [5.41, 5.74) is -0.729. The van der Waals surface area contributed by atoms with Crippen molar-refractivity contribution in [3.05, 3.63) is 39.5 Å². The molecule has 0 radical (unpaired) electrons. The van der Waals surface area contributed by atoms with E-state index in [1.165, 1.54) is 22.6 Å². The zero-order valence-electron chi connectivity index (χ0n) is 12.4. The van der Waals surface area contributed by atoms with E-state index in [0.29, 0.717) is 5.03 Å². The number of rotatable bonds is 4. The van der Waals surface area contributed by atoms with E-state index in [1.807, 2.05) is 0 Å². The fourth-order valence-electron chi connectivity index (χ4n) is 1.97. The quantitative estimate of drug-likeness (QED) is 0.530. The molecule has 0 aliphatic rings. The molecule has 1 heterocycles. The summed E-state index contributed by atoms with van der Waals surface area (Å²) in [7, 11) is 0. The Balaban J connectivity index is 2.59. The largest absolute Gasteiger partial charge is 0.462 e. The summed E-state index contributed by atoms with van der Waals surface area (Å²) in [6.07, 6.45) is -1.63. The second-order valence-corrected chi connectivity index (χ2v) is 6.10. The lowest BCUT2D eigenvalue weighted by Gasteiger charge is -2.14. The summed E-state index contributed by atoms with van der Waals surface area (Å²) >= 11 is 13.1. The molecule has 0 aliphatic carbocycles. The molecule has 2 aromatic rings. The molecule has 0 bridgehead atoms. The van der Waals surface area contributed by atoms with E-state index in [4.69, 9.17) is 27.9 Å². The standard InChI is InChI=1S/C14H11Cl2F3N2O2S/c1-3-23-13(22)8-6-20-21(12(8)24-2)11-9(15)4-7(5-10(11)16)14(17,18)19/h4-6H,3H2,1-2H3. The van der Waals surface area contributed by atoms with Crippen LogP contribution in [0.5, 0.6) is 0 Å². The van der Waals surface area contributed by atoms with Crippen LogP contribution < -0.4 is 0 Å². The Labute approximate surface area is 149 Å². The molecule has 1 aromatic carbocycles. The van der Waals surface area contributed by atoms with E-state index in [2.05, 4.69) is 5.10 Å². The van der Waals surface area contributed by atoms with Crippen LogP contribution in [-0.4, -0.2) is 28.6 Å². The maximum Gasteiger partial charge on any atom is 0.416 e. The molecule has 0 spiro atoms. The molecule has 2 rings (SSSR count). The highest BCUT2D eigenvalue weighted by Crippen LogP contribution is 2.39. The Morgan fingerprint density at radius 1 is 1.33 bits per heavy atom. The van der Waals surface area contributed by atoms with Gasteiger partial charge in [0, 0.05) is 0 Å². The third kappa shape index (κ3) is 3.65. The van der Waals surface area contributed by atoms with Crippen molar-refractivity contribution in [2.45, 2.75) is 18.1 Å². The van der Waals surface area contributed by atoms with Gasteiger partial charge in [0.15, 0.2) is 0 Å². The first-order chi connectivity index (χ1) is 11.2. The summed E-state index contributed by atoms with van der Waals surface area (Å²) in [6.45, 7) is 1.84. The minimum atomic E-state index is -4.58. The number of hydrogen-bond acceptors (Lipinski definition) is 4. The van der Waals surface area contributed by atoms with Gasteiger partial charge in [-0.1, -0.05) is 23.2 Å². The number of ether oxygens (including phenoxy) is 1. The van der Waals surface area contributed by atoms with Crippen LogP contribution in [0.3, 0.4) is 0 Å². The van der Waals surface area contributed by atoms with Crippen molar-refractivity contribution >= 4 is 40.9 Å². The number of carbonyl (C=O) groups is 1. The first-order valence-corrected chi connectivity index (χ1v) is 8.54. The predicted molar refractivity (Wildman–Crippen MR) is 86.3 cm³/mol. The van der Waals surface area contributed by atoms with E-state index in [-0.39, 0.29) is 27.9 Å². The maximum atomic E-state index is 12.8. The number of aromatic nitrogens is 2. The van der Waals surface area contributed by atoms with E-state index in [9.17, 15) is 18.0 Å². The van der Waals surface area contributed by atoms with Crippen LogP contribution in [0.15, 0.2) is 23.4 Å². The fraction of sp³-hybridized carbons (Fsp3) is 0.286. The van der Waals surface area contributed by atoms with Gasteiger partial charge in [0.1, 0.15) is 16.3 Å². The van der Waals surface area contributed by atoms with Crippen molar-refractivity contribution in [3.8, 4) is 5.69 Å². The van der Waals surface area contributed by atoms with Crippen molar-refractivity contribution in [2.75, 3.05) is 12.9 Å². The zero-order valence-corrected chi connectivity index (χ0v) is 14.8. The smallest absolute Gasteiger partial charge is 0.416 e. The van der Waals surface area contributed by atoms with Crippen LogP contribution in [0.4, 0.5) is 13.2 Å². The summed E-state index contributed by atoms with van der Waals surface area (Å²) in [6, 6.07) is 1.52. The lowest BCUT2D eigenvalue weighted by atomic mass is 10.2. The SMILES string of the molecule is CCOC(=O)c1cnn(-c2c(Cl)cc(C(F)(F)F)cc2Cl)c1SC. The summed E-state index contributed by atoms with van der Waals surface area (Å²) in [5.74, 6) is -0.591. The third-order valence-electron chi connectivity index (χ3n) is 2.97. The van der Waals surface area contributed by atoms with Crippen LogP contribution >= 0.6 is 35.0 Å². The molecule has 24 heavy (non-hydrogen) atoms.